The molecule has 2 heterocycles. The van der Waals surface area contributed by atoms with Crippen LogP contribution in [0, 0.1) is 6.92 Å². The molecule has 2 rings (SSSR count). The number of carbonyl (C=O) groups excluding carboxylic acids is 1. The molecule has 6 nitrogen and oxygen atoms in total. The van der Waals surface area contributed by atoms with Crippen LogP contribution in [0.25, 0.3) is 0 Å². The topological polar surface area (TPSA) is 96.7 Å². The molecular formula is C13H19N5OS. The van der Waals surface area contributed by atoms with Crippen molar-refractivity contribution in [3.05, 3.63) is 22.0 Å². The van der Waals surface area contributed by atoms with E-state index in [0.717, 1.165) is 22.7 Å². The molecule has 0 unspecified atom stereocenters. The third-order valence-corrected chi connectivity index (χ3v) is 4.00. The molecule has 0 atom stereocenters. The lowest BCUT2D eigenvalue weighted by Gasteiger charge is -2.02. The third-order valence-electron chi connectivity index (χ3n) is 3.07. The number of amides is 1. The maximum Gasteiger partial charge on any atom is 0.280 e. The van der Waals surface area contributed by atoms with E-state index < -0.39 is 0 Å². The molecule has 0 saturated heterocycles. The van der Waals surface area contributed by atoms with Crippen molar-refractivity contribution in [3.63, 3.8) is 0 Å². The largest absolute Gasteiger partial charge is 0.395 e. The second-order valence-electron chi connectivity index (χ2n) is 4.88. The minimum Gasteiger partial charge on any atom is -0.395 e. The normalized spacial score (nSPS) is 11.1. The van der Waals surface area contributed by atoms with Crippen molar-refractivity contribution in [1.82, 2.24) is 15.2 Å². The molecule has 0 aliphatic heterocycles. The fourth-order valence-electron chi connectivity index (χ4n) is 1.94. The molecular weight excluding hydrogens is 274 g/mol. The number of aromatic nitrogens is 3. The molecule has 0 aromatic carbocycles. The Morgan fingerprint density at radius 1 is 1.50 bits per heavy atom. The first-order chi connectivity index (χ1) is 9.43. The Labute approximate surface area is 121 Å². The Morgan fingerprint density at radius 2 is 2.20 bits per heavy atom. The molecule has 4 N–H and O–H groups in total. The van der Waals surface area contributed by atoms with Gasteiger partial charge in [-0.05, 0) is 19.3 Å². The molecule has 1 amide bonds. The zero-order valence-corrected chi connectivity index (χ0v) is 12.9. The van der Waals surface area contributed by atoms with Gasteiger partial charge in [-0.25, -0.2) is 4.98 Å². The fourth-order valence-corrected chi connectivity index (χ4v) is 2.84. The van der Waals surface area contributed by atoms with Gasteiger partial charge in [0, 0.05) is 4.88 Å². The zero-order valence-electron chi connectivity index (χ0n) is 12.1. The van der Waals surface area contributed by atoms with Crippen LogP contribution in [0.5, 0.6) is 0 Å². The number of aryl methyl sites for hydroxylation is 2. The van der Waals surface area contributed by atoms with Crippen molar-refractivity contribution < 1.29 is 4.79 Å². The van der Waals surface area contributed by atoms with Crippen LogP contribution in [0.2, 0.25) is 0 Å². The molecule has 0 bridgehead atoms. The Morgan fingerprint density at radius 3 is 2.70 bits per heavy atom. The number of carbonyl (C=O) groups is 1. The summed E-state index contributed by atoms with van der Waals surface area (Å²) < 4.78 is 0. The highest BCUT2D eigenvalue weighted by Gasteiger charge is 2.20. The van der Waals surface area contributed by atoms with Crippen molar-refractivity contribution in [2.24, 2.45) is 0 Å². The highest BCUT2D eigenvalue weighted by molar-refractivity contribution is 7.15. The van der Waals surface area contributed by atoms with Crippen LogP contribution in [0.15, 0.2) is 0 Å². The number of hydrogen-bond acceptors (Lipinski definition) is 5. The number of anilines is 2. The SMILES string of the molecule is CCc1nc(NC(=O)c2n[nH]c(C(C)C)c2N)sc1C. The average Bonchev–Trinajstić information content (AvgIpc) is 2.92. The van der Waals surface area contributed by atoms with E-state index >= 15 is 0 Å². The van der Waals surface area contributed by atoms with Crippen LogP contribution >= 0.6 is 11.3 Å². The molecule has 0 fully saturated rings. The lowest BCUT2D eigenvalue weighted by molar-refractivity contribution is 0.102. The molecule has 108 valence electrons. The summed E-state index contributed by atoms with van der Waals surface area (Å²) in [7, 11) is 0. The Kier molecular flexibility index (Phi) is 4.08. The second-order valence-corrected chi connectivity index (χ2v) is 6.09. The van der Waals surface area contributed by atoms with Gasteiger partial charge in [-0.15, -0.1) is 11.3 Å². The molecule has 20 heavy (non-hydrogen) atoms. The standard InChI is InChI=1S/C13H19N5OS/c1-5-8-7(4)20-13(15-8)16-12(19)11-9(14)10(6(2)3)17-18-11/h6H,5,14H2,1-4H3,(H,17,18)(H,15,16,19). The lowest BCUT2D eigenvalue weighted by Crippen LogP contribution is -2.14. The summed E-state index contributed by atoms with van der Waals surface area (Å²) in [4.78, 5) is 17.7. The predicted octanol–water partition coefficient (Wildman–Crippen LogP) is 2.69. The summed E-state index contributed by atoms with van der Waals surface area (Å²) in [6.45, 7) is 8.01. The van der Waals surface area contributed by atoms with Crippen molar-refractivity contribution >= 4 is 28.1 Å². The number of aromatic amines is 1. The van der Waals surface area contributed by atoms with Gasteiger partial charge in [0.15, 0.2) is 10.8 Å². The summed E-state index contributed by atoms with van der Waals surface area (Å²) in [5.41, 5.74) is 8.35. The van der Waals surface area contributed by atoms with Crippen molar-refractivity contribution in [2.75, 3.05) is 11.1 Å². The average molecular weight is 293 g/mol. The number of nitrogens with zero attached hydrogens (tertiary/aromatic N) is 2. The number of rotatable bonds is 4. The highest BCUT2D eigenvalue weighted by atomic mass is 32.1. The van der Waals surface area contributed by atoms with Crippen LogP contribution < -0.4 is 11.1 Å². The number of nitrogen functional groups attached to an aromatic ring is 1. The van der Waals surface area contributed by atoms with Crippen LogP contribution in [0.3, 0.4) is 0 Å². The molecule has 0 aliphatic carbocycles. The first-order valence-electron chi connectivity index (χ1n) is 6.55. The van der Waals surface area contributed by atoms with Crippen LogP contribution in [0.4, 0.5) is 10.8 Å². The van der Waals surface area contributed by atoms with Gasteiger partial charge < -0.3 is 5.73 Å². The molecule has 0 saturated carbocycles. The first-order valence-corrected chi connectivity index (χ1v) is 7.37. The van der Waals surface area contributed by atoms with Gasteiger partial charge in [-0.1, -0.05) is 20.8 Å². The minimum absolute atomic E-state index is 0.192. The fraction of sp³-hybridized carbons (Fsp3) is 0.462. The summed E-state index contributed by atoms with van der Waals surface area (Å²) >= 11 is 1.46. The van der Waals surface area contributed by atoms with Crippen molar-refractivity contribution in [3.8, 4) is 0 Å². The van der Waals surface area contributed by atoms with Gasteiger partial charge in [0.1, 0.15) is 0 Å². The van der Waals surface area contributed by atoms with Gasteiger partial charge in [-0.2, -0.15) is 5.10 Å². The van der Waals surface area contributed by atoms with Crippen molar-refractivity contribution in [2.45, 2.75) is 40.0 Å². The van der Waals surface area contributed by atoms with E-state index in [-0.39, 0.29) is 17.5 Å². The molecule has 2 aromatic heterocycles. The van der Waals surface area contributed by atoms with Gasteiger partial charge in [0.2, 0.25) is 0 Å². The summed E-state index contributed by atoms with van der Waals surface area (Å²) in [5, 5.41) is 10.1. The van der Waals surface area contributed by atoms with E-state index in [4.69, 9.17) is 5.73 Å². The van der Waals surface area contributed by atoms with E-state index in [0.29, 0.717) is 10.8 Å². The number of nitrogens with two attached hydrogens (primary N) is 1. The first kappa shape index (κ1) is 14.5. The molecule has 2 aromatic rings. The Hall–Kier alpha value is -1.89. The lowest BCUT2D eigenvalue weighted by atomic mass is 10.1. The molecule has 0 aliphatic rings. The summed E-state index contributed by atoms with van der Waals surface area (Å²) in [5.74, 6) is -0.139. The smallest absolute Gasteiger partial charge is 0.280 e. The predicted molar refractivity (Wildman–Crippen MR) is 81.3 cm³/mol. The quantitative estimate of drug-likeness (QED) is 0.807. The number of H-pyrrole nitrogens is 1. The van der Waals surface area contributed by atoms with E-state index in [1.165, 1.54) is 11.3 Å². The number of hydrogen-bond donors (Lipinski definition) is 3. The Balaban J connectivity index is 2.19. The zero-order chi connectivity index (χ0) is 14.9. The van der Waals surface area contributed by atoms with Gasteiger partial charge in [0.05, 0.1) is 17.1 Å². The van der Waals surface area contributed by atoms with Crippen LogP contribution in [-0.4, -0.2) is 21.1 Å². The maximum absolute atomic E-state index is 12.2. The second kappa shape index (κ2) is 5.62. The van der Waals surface area contributed by atoms with Gasteiger partial charge in [-0.3, -0.25) is 15.2 Å². The third kappa shape index (κ3) is 2.67. The number of thiazole rings is 1. The molecule has 0 radical (unpaired) electrons. The highest BCUT2D eigenvalue weighted by Crippen LogP contribution is 2.25. The summed E-state index contributed by atoms with van der Waals surface area (Å²) in [6, 6.07) is 0. The van der Waals surface area contributed by atoms with Crippen LogP contribution in [-0.2, 0) is 6.42 Å². The van der Waals surface area contributed by atoms with E-state index in [9.17, 15) is 4.79 Å². The van der Waals surface area contributed by atoms with Crippen molar-refractivity contribution in [1.29, 1.82) is 0 Å². The molecule has 0 spiro atoms. The van der Waals surface area contributed by atoms with E-state index in [2.05, 4.69) is 20.5 Å². The van der Waals surface area contributed by atoms with E-state index in [1.54, 1.807) is 0 Å². The van der Waals surface area contributed by atoms with E-state index in [1.807, 2.05) is 27.7 Å². The molecule has 7 heteroatoms. The number of nitrogens with one attached hydrogen (secondary N) is 2. The Bertz CT molecular complexity index is 629. The van der Waals surface area contributed by atoms with Gasteiger partial charge >= 0.3 is 0 Å². The summed E-state index contributed by atoms with van der Waals surface area (Å²) in [6.07, 6.45) is 0.847. The van der Waals surface area contributed by atoms with Gasteiger partial charge in [0.25, 0.3) is 5.91 Å². The monoisotopic (exact) mass is 293 g/mol. The maximum atomic E-state index is 12.2. The minimum atomic E-state index is -0.331. The van der Waals surface area contributed by atoms with Crippen LogP contribution in [0.1, 0.15) is 53.4 Å².